The van der Waals surface area contributed by atoms with Gasteiger partial charge in [-0.3, -0.25) is 0 Å². The first-order chi connectivity index (χ1) is 7.74. The van der Waals surface area contributed by atoms with Crippen molar-refractivity contribution in [3.63, 3.8) is 0 Å². The van der Waals surface area contributed by atoms with Crippen LogP contribution in [-0.4, -0.2) is 36.6 Å². The molecule has 2 saturated heterocycles. The Hall–Kier alpha value is -0.780. The molecule has 2 aliphatic heterocycles. The van der Waals surface area contributed by atoms with E-state index in [9.17, 15) is 4.79 Å². The molecule has 1 aromatic rings. The van der Waals surface area contributed by atoms with E-state index in [1.54, 1.807) is 0 Å². The third kappa shape index (κ3) is 1.69. The standard InChI is InChI=1S/C10H12ClN3OS/c11-9-2-1-8(16-9)7-5-14(10(15)13-7)6-3-12-4-6/h1-2,6-7,12H,3-5H2,(H,13,15). The molecule has 0 aromatic carbocycles. The van der Waals surface area contributed by atoms with Gasteiger partial charge in [0.15, 0.2) is 0 Å². The molecule has 3 rings (SSSR count). The topological polar surface area (TPSA) is 44.4 Å². The Bertz CT molecular complexity index is 418. The SMILES string of the molecule is O=C1NC(c2ccc(Cl)s2)CN1C1CNC1. The largest absolute Gasteiger partial charge is 0.329 e. The second-order valence-corrected chi connectivity index (χ2v) is 5.86. The van der Waals surface area contributed by atoms with E-state index in [1.165, 1.54) is 11.3 Å². The van der Waals surface area contributed by atoms with Crippen LogP contribution in [0.3, 0.4) is 0 Å². The van der Waals surface area contributed by atoms with Crippen LogP contribution in [0.4, 0.5) is 4.79 Å². The van der Waals surface area contributed by atoms with Crippen molar-refractivity contribution in [1.82, 2.24) is 15.5 Å². The van der Waals surface area contributed by atoms with Crippen molar-refractivity contribution in [2.45, 2.75) is 12.1 Å². The average Bonchev–Trinajstić information content (AvgIpc) is 2.72. The van der Waals surface area contributed by atoms with Gasteiger partial charge in [0.25, 0.3) is 0 Å². The van der Waals surface area contributed by atoms with E-state index in [-0.39, 0.29) is 12.1 Å². The van der Waals surface area contributed by atoms with Crippen LogP contribution in [0, 0.1) is 0 Å². The molecule has 4 nitrogen and oxygen atoms in total. The van der Waals surface area contributed by atoms with Crippen LogP contribution in [-0.2, 0) is 0 Å². The summed E-state index contributed by atoms with van der Waals surface area (Å²) in [5.74, 6) is 0. The van der Waals surface area contributed by atoms with Crippen LogP contribution in [0.15, 0.2) is 12.1 Å². The molecule has 6 heteroatoms. The lowest BCUT2D eigenvalue weighted by atomic mass is 10.1. The Balaban J connectivity index is 1.73. The van der Waals surface area contributed by atoms with Crippen molar-refractivity contribution in [1.29, 1.82) is 0 Å². The number of hydrogen-bond donors (Lipinski definition) is 2. The molecule has 16 heavy (non-hydrogen) atoms. The van der Waals surface area contributed by atoms with Gasteiger partial charge < -0.3 is 15.5 Å². The summed E-state index contributed by atoms with van der Waals surface area (Å²) < 4.78 is 0.771. The summed E-state index contributed by atoms with van der Waals surface area (Å²) in [5.41, 5.74) is 0. The maximum Gasteiger partial charge on any atom is 0.318 e. The molecule has 0 saturated carbocycles. The fraction of sp³-hybridized carbons (Fsp3) is 0.500. The van der Waals surface area contributed by atoms with Crippen LogP contribution in [0.1, 0.15) is 10.9 Å². The Morgan fingerprint density at radius 3 is 2.81 bits per heavy atom. The summed E-state index contributed by atoms with van der Waals surface area (Å²) in [6, 6.07) is 4.37. The minimum Gasteiger partial charge on any atom is -0.329 e. The lowest BCUT2D eigenvalue weighted by Crippen LogP contribution is -2.57. The Morgan fingerprint density at radius 1 is 1.44 bits per heavy atom. The summed E-state index contributed by atoms with van der Waals surface area (Å²) >= 11 is 7.43. The van der Waals surface area contributed by atoms with Gasteiger partial charge in [0, 0.05) is 24.5 Å². The molecular weight excluding hydrogens is 246 g/mol. The molecule has 2 amide bonds. The number of amides is 2. The van der Waals surface area contributed by atoms with E-state index in [0.717, 1.165) is 28.8 Å². The number of carbonyl (C=O) groups is 1. The minimum absolute atomic E-state index is 0.0426. The zero-order chi connectivity index (χ0) is 11.1. The number of carbonyl (C=O) groups excluding carboxylic acids is 1. The number of urea groups is 1. The van der Waals surface area contributed by atoms with Gasteiger partial charge in [-0.15, -0.1) is 11.3 Å². The summed E-state index contributed by atoms with van der Waals surface area (Å²) in [4.78, 5) is 14.8. The molecular formula is C10H12ClN3OS. The number of nitrogens with zero attached hydrogens (tertiary/aromatic N) is 1. The van der Waals surface area contributed by atoms with E-state index in [4.69, 9.17) is 11.6 Å². The molecule has 1 unspecified atom stereocenters. The number of nitrogens with one attached hydrogen (secondary N) is 2. The molecule has 0 aliphatic carbocycles. The highest BCUT2D eigenvalue weighted by molar-refractivity contribution is 7.16. The van der Waals surface area contributed by atoms with Crippen LogP contribution in [0.2, 0.25) is 4.34 Å². The summed E-state index contributed by atoms with van der Waals surface area (Å²) in [7, 11) is 0. The molecule has 86 valence electrons. The zero-order valence-corrected chi connectivity index (χ0v) is 10.1. The van der Waals surface area contributed by atoms with Gasteiger partial charge in [-0.25, -0.2) is 4.79 Å². The Labute approximate surface area is 103 Å². The molecule has 0 bridgehead atoms. The zero-order valence-electron chi connectivity index (χ0n) is 8.57. The molecule has 2 N–H and O–H groups in total. The second-order valence-electron chi connectivity index (χ2n) is 4.11. The monoisotopic (exact) mass is 257 g/mol. The number of halogens is 1. The Kier molecular flexibility index (Phi) is 2.53. The highest BCUT2D eigenvalue weighted by atomic mass is 35.5. The fourth-order valence-electron chi connectivity index (χ4n) is 2.04. The predicted molar refractivity (Wildman–Crippen MR) is 64.0 cm³/mol. The lowest BCUT2D eigenvalue weighted by Gasteiger charge is -2.34. The third-order valence-corrected chi connectivity index (χ3v) is 4.42. The highest BCUT2D eigenvalue weighted by Gasteiger charge is 2.37. The van der Waals surface area contributed by atoms with Gasteiger partial charge in [-0.1, -0.05) is 11.6 Å². The van der Waals surface area contributed by atoms with Gasteiger partial charge >= 0.3 is 6.03 Å². The van der Waals surface area contributed by atoms with Crippen molar-refractivity contribution in [3.05, 3.63) is 21.3 Å². The molecule has 0 spiro atoms. The van der Waals surface area contributed by atoms with E-state index >= 15 is 0 Å². The van der Waals surface area contributed by atoms with Crippen LogP contribution < -0.4 is 10.6 Å². The smallest absolute Gasteiger partial charge is 0.318 e. The second kappa shape index (κ2) is 3.91. The first kappa shape index (κ1) is 10.4. The molecule has 2 fully saturated rings. The number of hydrogen-bond acceptors (Lipinski definition) is 3. The number of rotatable bonds is 2. The molecule has 3 heterocycles. The van der Waals surface area contributed by atoms with Gasteiger partial charge in [-0.05, 0) is 12.1 Å². The van der Waals surface area contributed by atoms with E-state index in [0.29, 0.717) is 6.04 Å². The first-order valence-electron chi connectivity index (χ1n) is 5.27. The molecule has 1 atom stereocenters. The van der Waals surface area contributed by atoms with Gasteiger partial charge in [-0.2, -0.15) is 0 Å². The maximum absolute atomic E-state index is 11.8. The van der Waals surface area contributed by atoms with Crippen molar-refractivity contribution in [3.8, 4) is 0 Å². The van der Waals surface area contributed by atoms with Crippen molar-refractivity contribution < 1.29 is 4.79 Å². The van der Waals surface area contributed by atoms with E-state index in [2.05, 4.69) is 10.6 Å². The van der Waals surface area contributed by atoms with Crippen molar-refractivity contribution in [2.24, 2.45) is 0 Å². The summed E-state index contributed by atoms with van der Waals surface area (Å²) in [6.07, 6.45) is 0. The maximum atomic E-state index is 11.8. The quantitative estimate of drug-likeness (QED) is 0.842. The highest BCUT2D eigenvalue weighted by Crippen LogP contribution is 2.30. The van der Waals surface area contributed by atoms with Crippen LogP contribution in [0.5, 0.6) is 0 Å². The predicted octanol–water partition coefficient (Wildman–Crippen LogP) is 1.44. The fourth-order valence-corrected chi connectivity index (χ4v) is 3.15. The normalized spacial score (nSPS) is 25.7. The Morgan fingerprint density at radius 2 is 2.25 bits per heavy atom. The number of thiophene rings is 1. The first-order valence-corrected chi connectivity index (χ1v) is 6.46. The molecule has 1 aromatic heterocycles. The lowest BCUT2D eigenvalue weighted by molar-refractivity contribution is 0.172. The van der Waals surface area contributed by atoms with E-state index < -0.39 is 0 Å². The molecule has 0 radical (unpaired) electrons. The molecule has 2 aliphatic rings. The van der Waals surface area contributed by atoms with Crippen molar-refractivity contribution >= 4 is 29.0 Å². The van der Waals surface area contributed by atoms with Gasteiger partial charge in [0.1, 0.15) is 0 Å². The van der Waals surface area contributed by atoms with E-state index in [1.807, 2.05) is 17.0 Å². The van der Waals surface area contributed by atoms with Gasteiger partial charge in [0.05, 0.1) is 16.4 Å². The van der Waals surface area contributed by atoms with Crippen LogP contribution in [0.25, 0.3) is 0 Å². The summed E-state index contributed by atoms with van der Waals surface area (Å²) in [5, 5.41) is 6.17. The van der Waals surface area contributed by atoms with Crippen LogP contribution >= 0.6 is 22.9 Å². The van der Waals surface area contributed by atoms with Gasteiger partial charge in [0.2, 0.25) is 0 Å². The minimum atomic E-state index is 0.0426. The van der Waals surface area contributed by atoms with Crippen molar-refractivity contribution in [2.75, 3.05) is 19.6 Å². The third-order valence-electron chi connectivity index (χ3n) is 3.08. The summed E-state index contributed by atoms with van der Waals surface area (Å²) in [6.45, 7) is 2.57. The average molecular weight is 258 g/mol.